The van der Waals surface area contributed by atoms with E-state index in [0.717, 1.165) is 15.6 Å². The van der Waals surface area contributed by atoms with Gasteiger partial charge >= 0.3 is 6.03 Å². The van der Waals surface area contributed by atoms with Crippen LogP contribution >= 0.6 is 11.3 Å². The van der Waals surface area contributed by atoms with Crippen LogP contribution in [0.3, 0.4) is 0 Å². The SMILES string of the molecule is Cc1nc(CN2C(=O)N[C@@H](Cc3cn(C(C)C)nn3)C2=O)sc1C. The van der Waals surface area contributed by atoms with Crippen LogP contribution in [0.4, 0.5) is 4.79 Å². The van der Waals surface area contributed by atoms with Gasteiger partial charge in [-0.05, 0) is 27.7 Å². The Morgan fingerprint density at radius 2 is 2.08 bits per heavy atom. The summed E-state index contributed by atoms with van der Waals surface area (Å²) in [6, 6.07) is -0.781. The second-order valence-corrected chi connectivity index (χ2v) is 7.45. The van der Waals surface area contributed by atoms with Gasteiger partial charge in [-0.3, -0.25) is 9.69 Å². The van der Waals surface area contributed by atoms with Crippen molar-refractivity contribution in [2.45, 2.75) is 52.7 Å². The molecule has 0 aromatic carbocycles. The van der Waals surface area contributed by atoms with Crippen molar-refractivity contribution in [2.75, 3.05) is 0 Å². The Morgan fingerprint density at radius 3 is 2.67 bits per heavy atom. The van der Waals surface area contributed by atoms with E-state index in [1.165, 1.54) is 16.2 Å². The van der Waals surface area contributed by atoms with Crippen molar-refractivity contribution in [3.8, 4) is 0 Å². The number of amides is 3. The molecule has 0 radical (unpaired) electrons. The van der Waals surface area contributed by atoms with Crippen LogP contribution in [0.5, 0.6) is 0 Å². The van der Waals surface area contributed by atoms with Crippen LogP contribution in [-0.2, 0) is 17.8 Å². The summed E-state index contributed by atoms with van der Waals surface area (Å²) < 4.78 is 1.73. The first-order valence-corrected chi connectivity index (χ1v) is 8.62. The molecule has 9 heteroatoms. The maximum absolute atomic E-state index is 12.5. The molecule has 1 N–H and O–H groups in total. The standard InChI is InChI=1S/C15H20N6O2S/c1-8(2)21-6-11(18-19-21)5-12-14(22)20(15(23)17-12)7-13-16-9(3)10(4)24-13/h6,8,12H,5,7H2,1-4H3,(H,17,23)/t12-/m0/s1. The highest BCUT2D eigenvalue weighted by atomic mass is 32.1. The van der Waals surface area contributed by atoms with Crippen LogP contribution < -0.4 is 5.32 Å². The number of hydrogen-bond acceptors (Lipinski definition) is 6. The lowest BCUT2D eigenvalue weighted by molar-refractivity contribution is -0.127. The van der Waals surface area contributed by atoms with Gasteiger partial charge in [-0.25, -0.2) is 14.5 Å². The average molecular weight is 348 g/mol. The molecular formula is C15H20N6O2S. The molecule has 1 aliphatic heterocycles. The fraction of sp³-hybridized carbons (Fsp3) is 0.533. The molecule has 1 fully saturated rings. The van der Waals surface area contributed by atoms with Crippen molar-refractivity contribution < 1.29 is 9.59 Å². The third kappa shape index (κ3) is 3.16. The Morgan fingerprint density at radius 1 is 1.33 bits per heavy atom. The van der Waals surface area contributed by atoms with Gasteiger partial charge in [-0.1, -0.05) is 5.21 Å². The zero-order valence-corrected chi connectivity index (χ0v) is 14.9. The van der Waals surface area contributed by atoms with Gasteiger partial charge in [0, 0.05) is 23.5 Å². The third-order valence-corrected chi connectivity index (χ3v) is 5.03. The van der Waals surface area contributed by atoms with E-state index in [-0.39, 0.29) is 24.5 Å². The average Bonchev–Trinajstić information content (AvgIpc) is 3.16. The number of nitrogens with one attached hydrogen (secondary N) is 1. The van der Waals surface area contributed by atoms with Gasteiger partial charge in [-0.2, -0.15) is 0 Å². The van der Waals surface area contributed by atoms with E-state index in [4.69, 9.17) is 0 Å². The van der Waals surface area contributed by atoms with Crippen LogP contribution in [0.25, 0.3) is 0 Å². The zero-order valence-electron chi connectivity index (χ0n) is 14.1. The Balaban J connectivity index is 1.69. The lowest BCUT2D eigenvalue weighted by Crippen LogP contribution is -2.32. The molecule has 0 bridgehead atoms. The minimum atomic E-state index is -0.600. The number of imide groups is 1. The summed E-state index contributed by atoms with van der Waals surface area (Å²) in [6.07, 6.45) is 2.14. The van der Waals surface area contributed by atoms with Gasteiger partial charge in [0.25, 0.3) is 5.91 Å². The molecule has 24 heavy (non-hydrogen) atoms. The van der Waals surface area contributed by atoms with E-state index in [1.54, 1.807) is 10.9 Å². The third-order valence-electron chi connectivity index (χ3n) is 3.97. The molecule has 0 unspecified atom stereocenters. The normalized spacial score (nSPS) is 17.9. The predicted octanol–water partition coefficient (Wildman–Crippen LogP) is 1.60. The Labute approximate surface area is 143 Å². The number of urea groups is 1. The van der Waals surface area contributed by atoms with Crippen LogP contribution in [-0.4, -0.2) is 42.9 Å². The molecule has 128 valence electrons. The van der Waals surface area contributed by atoms with Crippen molar-refractivity contribution in [1.29, 1.82) is 0 Å². The lowest BCUT2D eigenvalue weighted by atomic mass is 10.1. The van der Waals surface area contributed by atoms with E-state index in [1.807, 2.05) is 27.7 Å². The van der Waals surface area contributed by atoms with E-state index in [2.05, 4.69) is 20.6 Å². The summed E-state index contributed by atoms with van der Waals surface area (Å²) in [5.74, 6) is -0.246. The summed E-state index contributed by atoms with van der Waals surface area (Å²) in [6.45, 7) is 8.10. The number of aromatic nitrogens is 4. The van der Waals surface area contributed by atoms with Gasteiger partial charge in [0.1, 0.15) is 11.0 Å². The zero-order chi connectivity index (χ0) is 17.4. The molecule has 1 saturated heterocycles. The highest BCUT2D eigenvalue weighted by Crippen LogP contribution is 2.20. The summed E-state index contributed by atoms with van der Waals surface area (Å²) in [7, 11) is 0. The Bertz CT molecular complexity index is 761. The van der Waals surface area contributed by atoms with Crippen LogP contribution in [0.1, 0.15) is 41.2 Å². The first-order chi connectivity index (χ1) is 11.3. The first-order valence-electron chi connectivity index (χ1n) is 7.80. The van der Waals surface area contributed by atoms with Crippen molar-refractivity contribution in [2.24, 2.45) is 0 Å². The van der Waals surface area contributed by atoms with E-state index in [9.17, 15) is 9.59 Å². The van der Waals surface area contributed by atoms with Gasteiger partial charge in [0.05, 0.1) is 17.9 Å². The van der Waals surface area contributed by atoms with Crippen molar-refractivity contribution in [3.63, 3.8) is 0 Å². The summed E-state index contributed by atoms with van der Waals surface area (Å²) in [5.41, 5.74) is 1.62. The molecule has 0 aliphatic carbocycles. The maximum atomic E-state index is 12.5. The smallest absolute Gasteiger partial charge is 0.325 e. The van der Waals surface area contributed by atoms with Gasteiger partial charge < -0.3 is 5.32 Å². The molecule has 8 nitrogen and oxygen atoms in total. The van der Waals surface area contributed by atoms with Crippen LogP contribution in [0.15, 0.2) is 6.20 Å². The maximum Gasteiger partial charge on any atom is 0.325 e. The molecule has 2 aromatic heterocycles. The van der Waals surface area contributed by atoms with Crippen molar-refractivity contribution in [1.82, 2.24) is 30.2 Å². The Hall–Kier alpha value is -2.29. The quantitative estimate of drug-likeness (QED) is 0.829. The molecule has 3 amide bonds. The van der Waals surface area contributed by atoms with Crippen LogP contribution in [0.2, 0.25) is 0 Å². The lowest BCUT2D eigenvalue weighted by Gasteiger charge is -2.10. The number of hydrogen-bond donors (Lipinski definition) is 1. The number of carbonyl (C=O) groups excluding carboxylic acids is 2. The molecule has 3 heterocycles. The molecule has 3 rings (SSSR count). The van der Waals surface area contributed by atoms with Crippen LogP contribution in [0, 0.1) is 13.8 Å². The minimum absolute atomic E-state index is 0.202. The molecule has 1 atom stereocenters. The van der Waals surface area contributed by atoms with E-state index >= 15 is 0 Å². The van der Waals surface area contributed by atoms with Crippen molar-refractivity contribution >= 4 is 23.3 Å². The summed E-state index contributed by atoms with van der Waals surface area (Å²) >= 11 is 1.51. The minimum Gasteiger partial charge on any atom is -0.325 e. The van der Waals surface area contributed by atoms with Gasteiger partial charge in [0.15, 0.2) is 0 Å². The molecule has 1 aliphatic rings. The summed E-state index contributed by atoms with van der Waals surface area (Å²) in [5, 5.41) is 11.6. The highest BCUT2D eigenvalue weighted by Gasteiger charge is 2.38. The highest BCUT2D eigenvalue weighted by molar-refractivity contribution is 7.11. The fourth-order valence-electron chi connectivity index (χ4n) is 2.48. The topological polar surface area (TPSA) is 93.0 Å². The predicted molar refractivity (Wildman–Crippen MR) is 88.6 cm³/mol. The van der Waals surface area contributed by atoms with E-state index < -0.39 is 6.04 Å². The number of thiazole rings is 1. The van der Waals surface area contributed by atoms with Crippen molar-refractivity contribution in [3.05, 3.63) is 27.5 Å². The number of nitrogens with zero attached hydrogens (tertiary/aromatic N) is 5. The molecular weight excluding hydrogens is 328 g/mol. The van der Waals surface area contributed by atoms with Gasteiger partial charge in [-0.15, -0.1) is 16.4 Å². The fourth-order valence-corrected chi connectivity index (χ4v) is 3.40. The monoisotopic (exact) mass is 348 g/mol. The Kier molecular flexibility index (Phi) is 4.35. The molecule has 2 aromatic rings. The largest absolute Gasteiger partial charge is 0.325 e. The second kappa shape index (κ2) is 6.31. The second-order valence-electron chi connectivity index (χ2n) is 6.16. The molecule has 0 spiro atoms. The van der Waals surface area contributed by atoms with Gasteiger partial charge in [0.2, 0.25) is 0 Å². The first kappa shape index (κ1) is 16.6. The number of carbonyl (C=O) groups is 2. The summed E-state index contributed by atoms with van der Waals surface area (Å²) in [4.78, 5) is 31.4. The number of rotatable bonds is 5. The molecule has 0 saturated carbocycles. The number of aryl methyl sites for hydroxylation is 2. The van der Waals surface area contributed by atoms with E-state index in [0.29, 0.717) is 12.1 Å².